The van der Waals surface area contributed by atoms with E-state index in [1.54, 1.807) is 31.4 Å². The van der Waals surface area contributed by atoms with Crippen molar-refractivity contribution < 1.29 is 32.2 Å². The number of alkyl halides is 3. The van der Waals surface area contributed by atoms with Crippen molar-refractivity contribution in [2.75, 3.05) is 7.11 Å². The highest BCUT2D eigenvalue weighted by Crippen LogP contribution is 2.36. The lowest BCUT2D eigenvalue weighted by Crippen LogP contribution is -2.19. The predicted molar refractivity (Wildman–Crippen MR) is 148 cm³/mol. The number of aromatic amines is 1. The minimum Gasteiger partial charge on any atom is -0.495 e. The minimum atomic E-state index is -4.60. The molecular formula is C31H22F3N3O4. The van der Waals surface area contributed by atoms with Gasteiger partial charge in [0.25, 0.3) is 5.91 Å². The molecule has 0 fully saturated rings. The van der Waals surface area contributed by atoms with E-state index in [0.717, 1.165) is 29.1 Å². The molecule has 0 saturated carbocycles. The van der Waals surface area contributed by atoms with Gasteiger partial charge in [-0.2, -0.15) is 18.3 Å². The SMILES string of the molecule is COc1cccc2c(-c3ccccc3)c(C(=O)NN=Cc3ccccc3OC(=O)c3cccc(C(F)(F)F)c3)[nH]c12. The summed E-state index contributed by atoms with van der Waals surface area (Å²) in [5.41, 5.74) is 3.97. The number of ether oxygens (including phenoxy) is 2. The zero-order valence-electron chi connectivity index (χ0n) is 21.5. The van der Waals surface area contributed by atoms with E-state index in [-0.39, 0.29) is 17.0 Å². The Labute approximate surface area is 232 Å². The van der Waals surface area contributed by atoms with Crippen molar-refractivity contribution >= 4 is 29.0 Å². The van der Waals surface area contributed by atoms with Crippen LogP contribution in [0.15, 0.2) is 102 Å². The maximum atomic E-state index is 13.3. The first-order valence-corrected chi connectivity index (χ1v) is 12.3. The lowest BCUT2D eigenvalue weighted by atomic mass is 10.0. The lowest BCUT2D eigenvalue weighted by molar-refractivity contribution is -0.137. The Morgan fingerprint density at radius 3 is 2.34 bits per heavy atom. The molecule has 2 N–H and O–H groups in total. The number of halogens is 3. The highest BCUT2D eigenvalue weighted by atomic mass is 19.4. The topological polar surface area (TPSA) is 92.8 Å². The van der Waals surface area contributed by atoms with Gasteiger partial charge in [-0.3, -0.25) is 4.79 Å². The second-order valence-electron chi connectivity index (χ2n) is 8.83. The Morgan fingerprint density at radius 2 is 1.59 bits per heavy atom. The molecule has 7 nitrogen and oxygen atoms in total. The minimum absolute atomic E-state index is 0.0493. The normalized spacial score (nSPS) is 11.5. The first kappa shape index (κ1) is 27.2. The summed E-state index contributed by atoms with van der Waals surface area (Å²) >= 11 is 0. The summed E-state index contributed by atoms with van der Waals surface area (Å²) in [6.45, 7) is 0. The Balaban J connectivity index is 1.39. The van der Waals surface area contributed by atoms with Gasteiger partial charge < -0.3 is 14.5 Å². The largest absolute Gasteiger partial charge is 0.495 e. The van der Waals surface area contributed by atoms with Crippen molar-refractivity contribution in [3.63, 3.8) is 0 Å². The number of fused-ring (bicyclic) bond motifs is 1. The third-order valence-corrected chi connectivity index (χ3v) is 6.22. The Hall–Kier alpha value is -5.38. The molecule has 0 aliphatic carbocycles. The molecule has 10 heteroatoms. The van der Waals surface area contributed by atoms with E-state index in [0.29, 0.717) is 22.4 Å². The second-order valence-corrected chi connectivity index (χ2v) is 8.83. The van der Waals surface area contributed by atoms with Gasteiger partial charge in [0.1, 0.15) is 17.2 Å². The molecule has 1 amide bonds. The highest BCUT2D eigenvalue weighted by molar-refractivity contribution is 6.11. The molecule has 0 unspecified atom stereocenters. The van der Waals surface area contributed by atoms with Crippen molar-refractivity contribution in [2.45, 2.75) is 6.18 Å². The van der Waals surface area contributed by atoms with Gasteiger partial charge in [0.15, 0.2) is 0 Å². The number of carbonyl (C=O) groups is 2. The number of carbonyl (C=O) groups excluding carboxylic acids is 2. The number of H-pyrrole nitrogens is 1. The molecule has 0 bridgehead atoms. The van der Waals surface area contributed by atoms with Crippen LogP contribution in [0.25, 0.3) is 22.0 Å². The van der Waals surface area contributed by atoms with Crippen LogP contribution in [-0.4, -0.2) is 30.2 Å². The quantitative estimate of drug-likeness (QED) is 0.0991. The number of nitrogens with zero attached hydrogens (tertiary/aromatic N) is 1. The average molecular weight is 558 g/mol. The van der Waals surface area contributed by atoms with Gasteiger partial charge >= 0.3 is 12.1 Å². The molecule has 206 valence electrons. The number of esters is 1. The molecular weight excluding hydrogens is 535 g/mol. The van der Waals surface area contributed by atoms with Gasteiger partial charge in [0.2, 0.25) is 0 Å². The van der Waals surface area contributed by atoms with Gasteiger partial charge in [-0.05, 0) is 42.0 Å². The van der Waals surface area contributed by atoms with Gasteiger partial charge in [-0.1, -0.05) is 60.7 Å². The number of hydrogen-bond donors (Lipinski definition) is 2. The summed E-state index contributed by atoms with van der Waals surface area (Å²) in [5, 5.41) is 4.83. The summed E-state index contributed by atoms with van der Waals surface area (Å²) in [5.74, 6) is -0.885. The van der Waals surface area contributed by atoms with Crippen LogP contribution in [-0.2, 0) is 6.18 Å². The maximum Gasteiger partial charge on any atom is 0.416 e. The van der Waals surface area contributed by atoms with Crippen LogP contribution in [0.3, 0.4) is 0 Å². The van der Waals surface area contributed by atoms with E-state index >= 15 is 0 Å². The second kappa shape index (κ2) is 11.4. The third kappa shape index (κ3) is 5.81. The number of nitrogens with one attached hydrogen (secondary N) is 2. The van der Waals surface area contributed by atoms with Crippen molar-refractivity contribution in [3.05, 3.63) is 119 Å². The Kier molecular flexibility index (Phi) is 7.55. The standard InChI is InChI=1S/C31H22F3N3O4/c1-40-25-16-8-14-23-26(19-9-3-2-4-10-19)28(36-27(23)25)29(38)37-35-18-21-11-5-6-15-24(21)41-30(39)20-12-7-13-22(17-20)31(32,33)34/h2-18,36H,1H3,(H,37,38). The number of benzene rings is 4. The van der Waals surface area contributed by atoms with Crippen molar-refractivity contribution in [1.82, 2.24) is 10.4 Å². The van der Waals surface area contributed by atoms with E-state index in [9.17, 15) is 22.8 Å². The Morgan fingerprint density at radius 1 is 0.878 bits per heavy atom. The zero-order valence-corrected chi connectivity index (χ0v) is 21.5. The first-order valence-electron chi connectivity index (χ1n) is 12.3. The molecule has 0 radical (unpaired) electrons. The lowest BCUT2D eigenvalue weighted by Gasteiger charge is -2.10. The van der Waals surface area contributed by atoms with Gasteiger partial charge in [-0.15, -0.1) is 0 Å². The fourth-order valence-corrected chi connectivity index (χ4v) is 4.31. The van der Waals surface area contributed by atoms with Crippen molar-refractivity contribution in [3.8, 4) is 22.6 Å². The predicted octanol–water partition coefficient (Wildman–Crippen LogP) is 6.85. The Bertz CT molecular complexity index is 1760. The van der Waals surface area contributed by atoms with Crippen molar-refractivity contribution in [2.24, 2.45) is 5.10 Å². The molecule has 4 aromatic carbocycles. The van der Waals surface area contributed by atoms with Gasteiger partial charge in [0, 0.05) is 16.5 Å². The molecule has 0 saturated heterocycles. The number of para-hydroxylation sites is 2. The number of amides is 1. The van der Waals surface area contributed by atoms with Gasteiger partial charge in [-0.25, -0.2) is 10.2 Å². The van der Waals surface area contributed by atoms with E-state index in [1.165, 1.54) is 18.3 Å². The molecule has 41 heavy (non-hydrogen) atoms. The molecule has 1 heterocycles. The fourth-order valence-electron chi connectivity index (χ4n) is 4.31. The molecule has 5 rings (SSSR count). The monoisotopic (exact) mass is 557 g/mol. The number of aromatic nitrogens is 1. The molecule has 0 aliphatic heterocycles. The third-order valence-electron chi connectivity index (χ3n) is 6.22. The first-order chi connectivity index (χ1) is 19.8. The van der Waals surface area contributed by atoms with Crippen LogP contribution in [0, 0.1) is 0 Å². The summed E-state index contributed by atoms with van der Waals surface area (Å²) in [6.07, 6.45) is -3.33. The number of rotatable bonds is 7. The summed E-state index contributed by atoms with van der Waals surface area (Å²) in [4.78, 5) is 29.0. The highest BCUT2D eigenvalue weighted by Gasteiger charge is 2.31. The van der Waals surface area contributed by atoms with E-state index in [4.69, 9.17) is 9.47 Å². The van der Waals surface area contributed by atoms with Crippen LogP contribution in [0.5, 0.6) is 11.5 Å². The number of hydrazone groups is 1. The van der Waals surface area contributed by atoms with Crippen LogP contribution >= 0.6 is 0 Å². The summed E-state index contributed by atoms with van der Waals surface area (Å²) < 4.78 is 50.0. The van der Waals surface area contributed by atoms with Crippen LogP contribution in [0.1, 0.15) is 32.0 Å². The van der Waals surface area contributed by atoms with Gasteiger partial charge in [0.05, 0.1) is 30.0 Å². The summed E-state index contributed by atoms with van der Waals surface area (Å²) in [6, 6.07) is 25.1. The van der Waals surface area contributed by atoms with Crippen LogP contribution < -0.4 is 14.9 Å². The number of hydrogen-bond acceptors (Lipinski definition) is 5. The molecule has 0 aliphatic rings. The van der Waals surface area contributed by atoms with Crippen LogP contribution in [0.2, 0.25) is 0 Å². The summed E-state index contributed by atoms with van der Waals surface area (Å²) in [7, 11) is 1.54. The van der Waals surface area contributed by atoms with E-state index in [1.807, 2.05) is 42.5 Å². The number of methoxy groups -OCH3 is 1. The van der Waals surface area contributed by atoms with E-state index < -0.39 is 23.6 Å². The molecule has 5 aromatic rings. The smallest absolute Gasteiger partial charge is 0.416 e. The van der Waals surface area contributed by atoms with Crippen molar-refractivity contribution in [1.29, 1.82) is 0 Å². The van der Waals surface area contributed by atoms with E-state index in [2.05, 4.69) is 15.5 Å². The maximum absolute atomic E-state index is 13.3. The molecule has 1 aromatic heterocycles. The molecule has 0 spiro atoms. The average Bonchev–Trinajstić information content (AvgIpc) is 3.38. The zero-order chi connectivity index (χ0) is 29.0. The van der Waals surface area contributed by atoms with Crippen LogP contribution in [0.4, 0.5) is 13.2 Å². The fraction of sp³-hybridized carbons (Fsp3) is 0.0645. The molecule has 0 atom stereocenters.